The van der Waals surface area contributed by atoms with Gasteiger partial charge in [0.1, 0.15) is 11.8 Å². The quantitative estimate of drug-likeness (QED) is 0.794. The summed E-state index contributed by atoms with van der Waals surface area (Å²) in [5, 5.41) is 8.72. The highest BCUT2D eigenvalue weighted by Crippen LogP contribution is 2.27. The predicted molar refractivity (Wildman–Crippen MR) is 75.6 cm³/mol. The molecule has 0 bridgehead atoms. The highest BCUT2D eigenvalue weighted by atomic mass is 16.5. The molecule has 0 saturated carbocycles. The number of carboxylic acids is 1. The minimum Gasteiger partial charge on any atom is -0.496 e. The Morgan fingerprint density at radius 2 is 2.11 bits per heavy atom. The summed E-state index contributed by atoms with van der Waals surface area (Å²) < 4.78 is 5.34. The first kappa shape index (κ1) is 15.5. The summed E-state index contributed by atoms with van der Waals surface area (Å²) in [6.07, 6.45) is 2.11. The maximum Gasteiger partial charge on any atom is 0.320 e. The van der Waals surface area contributed by atoms with E-state index in [1.165, 1.54) is 11.1 Å². The molecule has 19 heavy (non-hydrogen) atoms. The van der Waals surface area contributed by atoms with Crippen LogP contribution in [0.5, 0.6) is 5.75 Å². The first-order valence-corrected chi connectivity index (χ1v) is 6.61. The fraction of sp³-hybridized carbons (Fsp3) is 0.533. The fourth-order valence-corrected chi connectivity index (χ4v) is 2.04. The number of benzene rings is 1. The van der Waals surface area contributed by atoms with Crippen LogP contribution in [-0.4, -0.2) is 24.2 Å². The average molecular weight is 265 g/mol. The van der Waals surface area contributed by atoms with Crippen molar-refractivity contribution in [1.82, 2.24) is 0 Å². The number of carbonyl (C=O) groups is 1. The Balaban J connectivity index is 2.64. The third-order valence-corrected chi connectivity index (χ3v) is 3.21. The number of aryl methyl sites for hydroxylation is 1. The lowest BCUT2D eigenvalue weighted by atomic mass is 9.97. The Kier molecular flexibility index (Phi) is 5.83. The zero-order chi connectivity index (χ0) is 14.4. The Morgan fingerprint density at radius 1 is 1.42 bits per heavy atom. The van der Waals surface area contributed by atoms with E-state index in [4.69, 9.17) is 15.6 Å². The number of aliphatic carboxylic acids is 1. The van der Waals surface area contributed by atoms with Crippen molar-refractivity contribution in [3.05, 3.63) is 29.3 Å². The van der Waals surface area contributed by atoms with Gasteiger partial charge in [0.15, 0.2) is 0 Å². The summed E-state index contributed by atoms with van der Waals surface area (Å²) in [5.41, 5.74) is 7.86. The van der Waals surface area contributed by atoms with E-state index in [0.29, 0.717) is 12.3 Å². The smallest absolute Gasteiger partial charge is 0.320 e. The van der Waals surface area contributed by atoms with Gasteiger partial charge in [-0.25, -0.2) is 0 Å². The molecular weight excluding hydrogens is 242 g/mol. The van der Waals surface area contributed by atoms with E-state index in [1.54, 1.807) is 7.11 Å². The van der Waals surface area contributed by atoms with E-state index in [1.807, 2.05) is 12.1 Å². The van der Waals surface area contributed by atoms with E-state index in [0.717, 1.165) is 18.6 Å². The third kappa shape index (κ3) is 4.56. The molecule has 0 amide bonds. The summed E-state index contributed by atoms with van der Waals surface area (Å²) in [6.45, 7) is 4.25. The van der Waals surface area contributed by atoms with E-state index in [-0.39, 0.29) is 0 Å². The monoisotopic (exact) mass is 265 g/mol. The minimum atomic E-state index is -0.933. The normalized spacial score (nSPS) is 12.5. The maximum absolute atomic E-state index is 10.6. The Labute approximate surface area is 114 Å². The zero-order valence-electron chi connectivity index (χ0n) is 11.8. The fourth-order valence-electron chi connectivity index (χ4n) is 2.04. The summed E-state index contributed by atoms with van der Waals surface area (Å²) in [6, 6.07) is 5.37. The number of nitrogens with two attached hydrogens (primary N) is 1. The maximum atomic E-state index is 10.6. The van der Waals surface area contributed by atoms with E-state index in [2.05, 4.69) is 19.9 Å². The van der Waals surface area contributed by atoms with Crippen molar-refractivity contribution in [1.29, 1.82) is 0 Å². The van der Waals surface area contributed by atoms with Crippen molar-refractivity contribution in [3.8, 4) is 5.75 Å². The lowest BCUT2D eigenvalue weighted by Gasteiger charge is -2.14. The molecule has 0 heterocycles. The van der Waals surface area contributed by atoms with Crippen molar-refractivity contribution in [3.63, 3.8) is 0 Å². The van der Waals surface area contributed by atoms with E-state index < -0.39 is 12.0 Å². The molecule has 0 aliphatic carbocycles. The molecule has 0 aliphatic rings. The van der Waals surface area contributed by atoms with Crippen LogP contribution in [0.2, 0.25) is 0 Å². The molecule has 4 heteroatoms. The Morgan fingerprint density at radius 3 is 2.63 bits per heavy atom. The molecule has 0 spiro atoms. The molecule has 1 unspecified atom stereocenters. The van der Waals surface area contributed by atoms with Crippen LogP contribution in [0, 0.1) is 0 Å². The van der Waals surface area contributed by atoms with Gasteiger partial charge < -0.3 is 15.6 Å². The molecule has 1 aromatic carbocycles. The summed E-state index contributed by atoms with van der Waals surface area (Å²) in [5.74, 6) is 0.370. The first-order valence-electron chi connectivity index (χ1n) is 6.61. The lowest BCUT2D eigenvalue weighted by Crippen LogP contribution is -2.29. The molecule has 0 aliphatic heterocycles. The van der Waals surface area contributed by atoms with Gasteiger partial charge in [-0.3, -0.25) is 4.79 Å². The predicted octanol–water partition coefficient (Wildman–Crippen LogP) is 2.55. The SMILES string of the molecule is COc1ccc(CCCC(N)C(=O)O)cc1C(C)C. The van der Waals surface area contributed by atoms with Crippen molar-refractivity contribution in [2.45, 2.75) is 45.1 Å². The number of hydrogen-bond donors (Lipinski definition) is 2. The van der Waals surface area contributed by atoms with Crippen LogP contribution < -0.4 is 10.5 Å². The lowest BCUT2D eigenvalue weighted by molar-refractivity contribution is -0.138. The van der Waals surface area contributed by atoms with Crippen LogP contribution in [0.1, 0.15) is 43.7 Å². The highest BCUT2D eigenvalue weighted by molar-refractivity contribution is 5.72. The van der Waals surface area contributed by atoms with Crippen LogP contribution in [0.3, 0.4) is 0 Å². The van der Waals surface area contributed by atoms with Gasteiger partial charge in [0, 0.05) is 0 Å². The van der Waals surface area contributed by atoms with Gasteiger partial charge in [0.05, 0.1) is 7.11 Å². The second-order valence-electron chi connectivity index (χ2n) is 5.07. The highest BCUT2D eigenvalue weighted by Gasteiger charge is 2.12. The number of methoxy groups -OCH3 is 1. The van der Waals surface area contributed by atoms with Crippen molar-refractivity contribution in [2.75, 3.05) is 7.11 Å². The second-order valence-corrected chi connectivity index (χ2v) is 5.07. The molecule has 0 aromatic heterocycles. The van der Waals surface area contributed by atoms with Gasteiger partial charge in [0.2, 0.25) is 0 Å². The number of carboxylic acid groups (broad SMARTS) is 1. The van der Waals surface area contributed by atoms with Gasteiger partial charge in [-0.2, -0.15) is 0 Å². The van der Waals surface area contributed by atoms with Gasteiger partial charge in [0.25, 0.3) is 0 Å². The summed E-state index contributed by atoms with van der Waals surface area (Å²) in [7, 11) is 1.67. The van der Waals surface area contributed by atoms with Crippen LogP contribution in [0.25, 0.3) is 0 Å². The molecule has 0 saturated heterocycles. The number of rotatable bonds is 7. The summed E-state index contributed by atoms with van der Waals surface area (Å²) >= 11 is 0. The number of hydrogen-bond acceptors (Lipinski definition) is 3. The van der Waals surface area contributed by atoms with E-state index in [9.17, 15) is 4.79 Å². The Bertz CT molecular complexity index is 429. The molecule has 106 valence electrons. The van der Waals surface area contributed by atoms with Crippen molar-refractivity contribution in [2.24, 2.45) is 5.73 Å². The largest absolute Gasteiger partial charge is 0.496 e. The molecule has 1 atom stereocenters. The zero-order valence-corrected chi connectivity index (χ0v) is 11.8. The van der Waals surface area contributed by atoms with Gasteiger partial charge in [-0.15, -0.1) is 0 Å². The van der Waals surface area contributed by atoms with Gasteiger partial charge in [-0.1, -0.05) is 26.0 Å². The topological polar surface area (TPSA) is 72.5 Å². The van der Waals surface area contributed by atoms with Crippen LogP contribution in [-0.2, 0) is 11.2 Å². The van der Waals surface area contributed by atoms with Crippen LogP contribution >= 0.6 is 0 Å². The molecule has 1 aromatic rings. The van der Waals surface area contributed by atoms with E-state index >= 15 is 0 Å². The molecule has 0 radical (unpaired) electrons. The molecular formula is C15H23NO3. The van der Waals surface area contributed by atoms with Crippen LogP contribution in [0.4, 0.5) is 0 Å². The van der Waals surface area contributed by atoms with Crippen molar-refractivity contribution < 1.29 is 14.6 Å². The molecule has 3 N–H and O–H groups in total. The number of ether oxygens (including phenoxy) is 1. The third-order valence-electron chi connectivity index (χ3n) is 3.21. The summed E-state index contributed by atoms with van der Waals surface area (Å²) in [4.78, 5) is 10.6. The molecule has 4 nitrogen and oxygen atoms in total. The minimum absolute atomic E-state index is 0.399. The second kappa shape index (κ2) is 7.14. The van der Waals surface area contributed by atoms with Crippen LogP contribution in [0.15, 0.2) is 18.2 Å². The average Bonchev–Trinajstić information content (AvgIpc) is 2.38. The Hall–Kier alpha value is -1.55. The first-order chi connectivity index (χ1) is 8.95. The van der Waals surface area contributed by atoms with Gasteiger partial charge >= 0.3 is 5.97 Å². The molecule has 0 fully saturated rings. The molecule has 1 rings (SSSR count). The van der Waals surface area contributed by atoms with Gasteiger partial charge in [-0.05, 0) is 42.4 Å². The standard InChI is InChI=1S/C15H23NO3/c1-10(2)12-9-11(7-8-14(12)19-3)5-4-6-13(16)15(17)18/h7-10,13H,4-6,16H2,1-3H3,(H,17,18). The van der Waals surface area contributed by atoms with Crippen molar-refractivity contribution >= 4 is 5.97 Å².